The molecule has 0 fully saturated rings. The van der Waals surface area contributed by atoms with Gasteiger partial charge in [-0.15, -0.1) is 0 Å². The molecule has 0 radical (unpaired) electrons. The van der Waals surface area contributed by atoms with Crippen molar-refractivity contribution in [2.75, 3.05) is 0 Å². The first kappa shape index (κ1) is 15.5. The Morgan fingerprint density at radius 2 is 1.89 bits per heavy atom. The van der Waals surface area contributed by atoms with Gasteiger partial charge in [-0.3, -0.25) is 4.79 Å². The maximum Gasteiger partial charge on any atom is 0.326 e. The minimum atomic E-state index is -1.11. The fraction of sp³-hybridized carbons (Fsp3) is 0.385. The second-order valence-electron chi connectivity index (χ2n) is 5.27. The molecule has 1 aromatic carbocycles. The molecule has 0 aliphatic carbocycles. The molecule has 0 spiro atoms. The predicted octanol–water partition coefficient (Wildman–Crippen LogP) is 2.38. The van der Waals surface area contributed by atoms with Gasteiger partial charge in [-0.25, -0.2) is 4.79 Å². The SMILES string of the molecule is CC(C)(C)[C@H](NC(=O)c1ccc(Br)cc1O)C(=O)O. The second kappa shape index (κ2) is 5.61. The Bertz CT molecular complexity index is 508. The number of hydrogen-bond donors (Lipinski definition) is 3. The highest BCUT2D eigenvalue weighted by atomic mass is 79.9. The third-order valence-electron chi connectivity index (χ3n) is 2.59. The molecule has 6 heteroatoms. The Labute approximate surface area is 119 Å². The molecule has 0 heterocycles. The number of carboxylic acid groups (broad SMARTS) is 1. The van der Waals surface area contributed by atoms with E-state index in [1.54, 1.807) is 26.8 Å². The first-order valence-corrected chi connectivity index (χ1v) is 6.44. The smallest absolute Gasteiger partial charge is 0.326 e. The zero-order chi connectivity index (χ0) is 14.8. The maximum atomic E-state index is 12.0. The molecule has 0 aromatic heterocycles. The highest BCUT2D eigenvalue weighted by Gasteiger charge is 2.33. The highest BCUT2D eigenvalue weighted by Crippen LogP contribution is 2.24. The van der Waals surface area contributed by atoms with Gasteiger partial charge in [0.05, 0.1) is 5.56 Å². The van der Waals surface area contributed by atoms with E-state index in [1.165, 1.54) is 12.1 Å². The molecule has 0 saturated carbocycles. The molecule has 0 aliphatic heterocycles. The fourth-order valence-corrected chi connectivity index (χ4v) is 1.90. The molecule has 104 valence electrons. The summed E-state index contributed by atoms with van der Waals surface area (Å²) in [4.78, 5) is 23.2. The van der Waals surface area contributed by atoms with Crippen molar-refractivity contribution in [3.8, 4) is 5.75 Å². The minimum absolute atomic E-state index is 0.0405. The zero-order valence-electron chi connectivity index (χ0n) is 10.9. The third kappa shape index (κ3) is 3.96. The Morgan fingerprint density at radius 3 is 2.32 bits per heavy atom. The van der Waals surface area contributed by atoms with Crippen LogP contribution >= 0.6 is 15.9 Å². The topological polar surface area (TPSA) is 86.6 Å². The first-order valence-electron chi connectivity index (χ1n) is 5.65. The Morgan fingerprint density at radius 1 is 1.32 bits per heavy atom. The lowest BCUT2D eigenvalue weighted by molar-refractivity contribution is -0.142. The quantitative estimate of drug-likeness (QED) is 0.794. The molecule has 1 aromatic rings. The van der Waals surface area contributed by atoms with E-state index in [2.05, 4.69) is 21.2 Å². The zero-order valence-corrected chi connectivity index (χ0v) is 12.5. The number of hydrogen-bond acceptors (Lipinski definition) is 3. The van der Waals surface area contributed by atoms with Gasteiger partial charge in [0.2, 0.25) is 0 Å². The van der Waals surface area contributed by atoms with Gasteiger partial charge in [0.25, 0.3) is 5.91 Å². The molecule has 1 atom stereocenters. The summed E-state index contributed by atoms with van der Waals surface area (Å²) in [6, 6.07) is 3.36. The van der Waals surface area contributed by atoms with E-state index >= 15 is 0 Å². The largest absolute Gasteiger partial charge is 0.507 e. The van der Waals surface area contributed by atoms with Crippen molar-refractivity contribution in [3.63, 3.8) is 0 Å². The molecule has 1 rings (SSSR count). The highest BCUT2D eigenvalue weighted by molar-refractivity contribution is 9.10. The Hall–Kier alpha value is -1.56. The van der Waals surface area contributed by atoms with Crippen molar-refractivity contribution in [1.82, 2.24) is 5.32 Å². The van der Waals surface area contributed by atoms with Crippen LogP contribution in [0.25, 0.3) is 0 Å². The van der Waals surface area contributed by atoms with E-state index in [0.29, 0.717) is 4.47 Å². The summed E-state index contributed by atoms with van der Waals surface area (Å²) in [7, 11) is 0. The maximum absolute atomic E-state index is 12.0. The van der Waals surface area contributed by atoms with Crippen molar-refractivity contribution in [1.29, 1.82) is 0 Å². The summed E-state index contributed by atoms with van der Waals surface area (Å²) in [5.41, 5.74) is -0.592. The van der Waals surface area contributed by atoms with Crippen molar-refractivity contribution in [2.24, 2.45) is 5.41 Å². The number of rotatable bonds is 3. The van der Waals surface area contributed by atoms with Crippen LogP contribution in [0, 0.1) is 5.41 Å². The first-order chi connectivity index (χ1) is 8.62. The summed E-state index contributed by atoms with van der Waals surface area (Å²) in [5, 5.41) is 21.2. The lowest BCUT2D eigenvalue weighted by Crippen LogP contribution is -2.49. The lowest BCUT2D eigenvalue weighted by atomic mass is 9.86. The molecule has 1 amide bonds. The van der Waals surface area contributed by atoms with Gasteiger partial charge >= 0.3 is 5.97 Å². The van der Waals surface area contributed by atoms with E-state index in [9.17, 15) is 14.7 Å². The number of phenols is 1. The normalized spacial score (nSPS) is 12.8. The molecule has 3 N–H and O–H groups in total. The average molecular weight is 330 g/mol. The molecular weight excluding hydrogens is 314 g/mol. The molecule has 0 saturated heterocycles. The number of phenolic OH excluding ortho intramolecular Hbond substituents is 1. The monoisotopic (exact) mass is 329 g/mol. The average Bonchev–Trinajstić information content (AvgIpc) is 2.23. The van der Waals surface area contributed by atoms with Crippen LogP contribution in [0.4, 0.5) is 0 Å². The second-order valence-corrected chi connectivity index (χ2v) is 6.19. The Kier molecular flexibility index (Phi) is 4.57. The van der Waals surface area contributed by atoms with Gasteiger partial charge in [-0.05, 0) is 23.6 Å². The number of carbonyl (C=O) groups excluding carboxylic acids is 1. The number of benzene rings is 1. The predicted molar refractivity (Wildman–Crippen MR) is 74.2 cm³/mol. The van der Waals surface area contributed by atoms with Crippen LogP contribution in [-0.2, 0) is 4.79 Å². The van der Waals surface area contributed by atoms with E-state index in [1.807, 2.05) is 0 Å². The van der Waals surface area contributed by atoms with E-state index in [4.69, 9.17) is 5.11 Å². The fourth-order valence-electron chi connectivity index (χ4n) is 1.55. The van der Waals surface area contributed by atoms with Crippen LogP contribution < -0.4 is 5.32 Å². The summed E-state index contributed by atoms with van der Waals surface area (Å²) >= 11 is 3.17. The molecular formula is C13H16BrNO4. The number of halogens is 1. The number of aromatic hydroxyl groups is 1. The number of carbonyl (C=O) groups is 2. The minimum Gasteiger partial charge on any atom is -0.507 e. The number of carboxylic acids is 1. The van der Waals surface area contributed by atoms with E-state index < -0.39 is 23.3 Å². The molecule has 19 heavy (non-hydrogen) atoms. The summed E-state index contributed by atoms with van der Waals surface area (Å²) in [6.07, 6.45) is 0. The van der Waals surface area contributed by atoms with Crippen molar-refractivity contribution in [3.05, 3.63) is 28.2 Å². The van der Waals surface area contributed by atoms with Gasteiger partial charge < -0.3 is 15.5 Å². The molecule has 5 nitrogen and oxygen atoms in total. The summed E-state index contributed by atoms with van der Waals surface area (Å²) in [6.45, 7) is 5.15. The number of aliphatic carboxylic acids is 1. The summed E-state index contributed by atoms with van der Waals surface area (Å²) < 4.78 is 0.632. The van der Waals surface area contributed by atoms with Crippen LogP contribution in [0.5, 0.6) is 5.75 Å². The van der Waals surface area contributed by atoms with Crippen LogP contribution in [0.1, 0.15) is 31.1 Å². The standard InChI is InChI=1S/C13H16BrNO4/c1-13(2,3)10(12(18)19)15-11(17)8-5-4-7(14)6-9(8)16/h4-6,10,16H,1-3H3,(H,15,17)(H,18,19)/t10-/m1/s1. The molecule has 0 aliphatic rings. The molecule has 0 unspecified atom stereocenters. The van der Waals surface area contributed by atoms with Gasteiger partial charge in [0.15, 0.2) is 0 Å². The van der Waals surface area contributed by atoms with Crippen molar-refractivity contribution >= 4 is 27.8 Å². The molecule has 0 bridgehead atoms. The van der Waals surface area contributed by atoms with Crippen LogP contribution in [0.15, 0.2) is 22.7 Å². The van der Waals surface area contributed by atoms with Crippen molar-refractivity contribution < 1.29 is 19.8 Å². The van der Waals surface area contributed by atoms with Gasteiger partial charge in [0.1, 0.15) is 11.8 Å². The van der Waals surface area contributed by atoms with Crippen molar-refractivity contribution in [2.45, 2.75) is 26.8 Å². The number of amides is 1. The number of nitrogens with one attached hydrogen (secondary N) is 1. The van der Waals surface area contributed by atoms with Crippen LogP contribution in [0.2, 0.25) is 0 Å². The van der Waals surface area contributed by atoms with Gasteiger partial charge in [-0.2, -0.15) is 0 Å². The van der Waals surface area contributed by atoms with E-state index in [-0.39, 0.29) is 11.3 Å². The third-order valence-corrected chi connectivity index (χ3v) is 3.09. The van der Waals surface area contributed by atoms with Crippen LogP contribution in [-0.4, -0.2) is 28.1 Å². The van der Waals surface area contributed by atoms with Gasteiger partial charge in [0, 0.05) is 4.47 Å². The van der Waals surface area contributed by atoms with Crippen LogP contribution in [0.3, 0.4) is 0 Å². The van der Waals surface area contributed by atoms with E-state index in [0.717, 1.165) is 0 Å². The lowest BCUT2D eigenvalue weighted by Gasteiger charge is -2.27. The van der Waals surface area contributed by atoms with Gasteiger partial charge in [-0.1, -0.05) is 36.7 Å². The Balaban J connectivity index is 2.98. The summed E-state index contributed by atoms with van der Waals surface area (Å²) in [5.74, 6) is -1.94.